The van der Waals surface area contributed by atoms with Crippen molar-refractivity contribution in [3.05, 3.63) is 36.5 Å². The maximum absolute atomic E-state index is 12.6. The average molecular weight is 889 g/mol. The summed E-state index contributed by atoms with van der Waals surface area (Å²) in [5, 5.41) is 43.9. The lowest BCUT2D eigenvalue weighted by Gasteiger charge is -2.27. The van der Waals surface area contributed by atoms with Gasteiger partial charge in [-0.15, -0.1) is 0 Å². The Bertz CT molecular complexity index is 997. The van der Waals surface area contributed by atoms with E-state index >= 15 is 0 Å². The van der Waals surface area contributed by atoms with Crippen LogP contribution in [0.5, 0.6) is 0 Å². The number of hydrogen-bond donors (Lipinski definition) is 5. The summed E-state index contributed by atoms with van der Waals surface area (Å²) in [7, 11) is 0. The van der Waals surface area contributed by atoms with Gasteiger partial charge in [0.15, 0.2) is 0 Å². The van der Waals surface area contributed by atoms with Crippen LogP contribution in [0.15, 0.2) is 36.5 Å². The third-order valence-electron chi connectivity index (χ3n) is 13.1. The number of rotatable bonds is 51. The first-order valence-electron chi connectivity index (χ1n) is 27.9. The maximum Gasteiger partial charge on any atom is 0.249 e. The molecule has 0 fully saturated rings. The number of carbonyl (C=O) groups is 1. The quantitative estimate of drug-likeness (QED) is 0.0309. The molecule has 0 heterocycles. The number of aliphatic hydroxyl groups excluding tert-OH is 4. The summed E-state index contributed by atoms with van der Waals surface area (Å²) in [5.74, 6) is -0.595. The highest BCUT2D eigenvalue weighted by Crippen LogP contribution is 2.17. The van der Waals surface area contributed by atoms with Crippen molar-refractivity contribution < 1.29 is 25.2 Å². The first kappa shape index (κ1) is 61.5. The third kappa shape index (κ3) is 45.5. The predicted molar refractivity (Wildman–Crippen MR) is 274 cm³/mol. The van der Waals surface area contributed by atoms with Crippen LogP contribution in [0.1, 0.15) is 290 Å². The van der Waals surface area contributed by atoms with E-state index < -0.39 is 36.9 Å². The van der Waals surface area contributed by atoms with Gasteiger partial charge in [-0.1, -0.05) is 262 Å². The molecular weight excluding hydrogens is 779 g/mol. The molecule has 0 saturated heterocycles. The fraction of sp³-hybridized carbons (Fsp3) is 0.877. The number of nitrogens with one attached hydrogen (secondary N) is 1. The molecule has 0 saturated carbocycles. The Kier molecular flexibility index (Phi) is 50.3. The molecule has 0 aromatic carbocycles. The third-order valence-corrected chi connectivity index (χ3v) is 13.1. The predicted octanol–water partition coefficient (Wildman–Crippen LogP) is 16.0. The molecule has 0 rings (SSSR count). The summed E-state index contributed by atoms with van der Waals surface area (Å²) in [4.78, 5) is 12.6. The van der Waals surface area contributed by atoms with Crippen molar-refractivity contribution in [1.29, 1.82) is 0 Å². The standard InChI is InChI=1S/C57H109NO5/c1-3-5-7-9-11-13-15-17-19-21-23-24-25-26-27-28-29-30-31-33-35-37-39-41-43-45-47-49-51-55(61)57(63)58-53(52-59)56(62)54(60)50-48-46-44-42-40-38-36-34-32-22-20-18-16-14-12-10-8-6-4-2/h18,20,34,36,42,44,53-56,59-62H,3-17,19,21-33,35,37-41,43,45-52H2,1-2H3,(H,58,63)/b20-18+,36-34+,44-42+. The summed E-state index contributed by atoms with van der Waals surface area (Å²) in [6.45, 7) is 4.05. The van der Waals surface area contributed by atoms with Crippen LogP contribution in [0, 0.1) is 0 Å². The van der Waals surface area contributed by atoms with Crippen LogP contribution < -0.4 is 5.32 Å². The lowest BCUT2D eigenvalue weighted by Crippen LogP contribution is -2.53. The van der Waals surface area contributed by atoms with E-state index in [1.54, 1.807) is 0 Å². The van der Waals surface area contributed by atoms with Crippen molar-refractivity contribution in [3.63, 3.8) is 0 Å². The molecule has 372 valence electrons. The largest absolute Gasteiger partial charge is 0.394 e. The number of hydrogen-bond acceptors (Lipinski definition) is 5. The Morgan fingerprint density at radius 2 is 0.667 bits per heavy atom. The lowest BCUT2D eigenvalue weighted by molar-refractivity contribution is -0.132. The van der Waals surface area contributed by atoms with Crippen LogP contribution >= 0.6 is 0 Å². The van der Waals surface area contributed by atoms with Crippen LogP contribution in [0.25, 0.3) is 0 Å². The zero-order chi connectivity index (χ0) is 45.9. The van der Waals surface area contributed by atoms with Crippen LogP contribution in [-0.4, -0.2) is 57.3 Å². The topological polar surface area (TPSA) is 110 Å². The smallest absolute Gasteiger partial charge is 0.249 e. The molecule has 0 aliphatic carbocycles. The van der Waals surface area contributed by atoms with E-state index in [2.05, 4.69) is 55.6 Å². The molecular formula is C57H109NO5. The number of amides is 1. The Morgan fingerprint density at radius 1 is 0.381 bits per heavy atom. The van der Waals surface area contributed by atoms with E-state index in [0.717, 1.165) is 51.4 Å². The monoisotopic (exact) mass is 888 g/mol. The summed E-state index contributed by atoms with van der Waals surface area (Å²) in [6, 6.07) is -1.01. The second kappa shape index (κ2) is 51.5. The van der Waals surface area contributed by atoms with Crippen molar-refractivity contribution in [1.82, 2.24) is 5.32 Å². The fourth-order valence-electron chi connectivity index (χ4n) is 8.67. The number of aliphatic hydroxyl groups is 4. The minimum Gasteiger partial charge on any atom is -0.394 e. The van der Waals surface area contributed by atoms with E-state index in [1.165, 1.54) is 205 Å². The molecule has 0 aromatic rings. The van der Waals surface area contributed by atoms with Crippen molar-refractivity contribution in [2.45, 2.75) is 314 Å². The van der Waals surface area contributed by atoms with Gasteiger partial charge < -0.3 is 25.7 Å². The van der Waals surface area contributed by atoms with Crippen molar-refractivity contribution in [2.75, 3.05) is 6.61 Å². The van der Waals surface area contributed by atoms with E-state index in [4.69, 9.17) is 0 Å². The van der Waals surface area contributed by atoms with Crippen LogP contribution in [0.3, 0.4) is 0 Å². The number of allylic oxidation sites excluding steroid dienone is 6. The zero-order valence-electron chi connectivity index (χ0n) is 42.1. The van der Waals surface area contributed by atoms with Crippen LogP contribution in [0.2, 0.25) is 0 Å². The molecule has 0 aliphatic rings. The Balaban J connectivity index is 3.65. The van der Waals surface area contributed by atoms with Gasteiger partial charge in [0, 0.05) is 0 Å². The van der Waals surface area contributed by atoms with Gasteiger partial charge >= 0.3 is 0 Å². The molecule has 1 amide bonds. The lowest BCUT2D eigenvalue weighted by atomic mass is 10.00. The SMILES string of the molecule is CCCCCCCC/C=C/CC/C=C/CC/C=C/CCCC(O)C(O)C(CO)NC(=O)C(O)CCCCCCCCCCCCCCCCCCCCCCCCCCCCCC. The number of carbonyl (C=O) groups excluding carboxylic acids is 1. The van der Waals surface area contributed by atoms with Crippen molar-refractivity contribution >= 4 is 5.91 Å². The second-order valence-corrected chi connectivity index (χ2v) is 19.3. The molecule has 4 unspecified atom stereocenters. The summed E-state index contributed by atoms with van der Waals surface area (Å²) >= 11 is 0. The normalized spacial score (nSPS) is 14.1. The second-order valence-electron chi connectivity index (χ2n) is 19.3. The molecule has 5 N–H and O–H groups in total. The van der Waals surface area contributed by atoms with Crippen LogP contribution in [0.4, 0.5) is 0 Å². The van der Waals surface area contributed by atoms with Gasteiger partial charge in [0.2, 0.25) is 5.91 Å². The van der Waals surface area contributed by atoms with Gasteiger partial charge in [0.1, 0.15) is 12.2 Å². The highest BCUT2D eigenvalue weighted by molar-refractivity contribution is 5.80. The van der Waals surface area contributed by atoms with Gasteiger partial charge in [-0.3, -0.25) is 4.79 Å². The van der Waals surface area contributed by atoms with Gasteiger partial charge in [-0.2, -0.15) is 0 Å². The minimum absolute atomic E-state index is 0.362. The van der Waals surface area contributed by atoms with E-state index in [1.807, 2.05) is 0 Å². The van der Waals surface area contributed by atoms with E-state index in [-0.39, 0.29) is 0 Å². The van der Waals surface area contributed by atoms with Gasteiger partial charge in [0.25, 0.3) is 0 Å². The first-order chi connectivity index (χ1) is 31.0. The highest BCUT2D eigenvalue weighted by atomic mass is 16.3. The van der Waals surface area contributed by atoms with Gasteiger partial charge in [0.05, 0.1) is 18.8 Å². The molecule has 63 heavy (non-hydrogen) atoms. The number of unbranched alkanes of at least 4 members (excludes halogenated alkanes) is 36. The summed E-state index contributed by atoms with van der Waals surface area (Å²) in [5.41, 5.74) is 0. The van der Waals surface area contributed by atoms with Crippen molar-refractivity contribution in [3.8, 4) is 0 Å². The maximum atomic E-state index is 12.6. The Hall–Kier alpha value is -1.47. The van der Waals surface area contributed by atoms with E-state index in [9.17, 15) is 25.2 Å². The highest BCUT2D eigenvalue weighted by Gasteiger charge is 2.28. The summed E-state index contributed by atoms with van der Waals surface area (Å²) in [6.07, 6.45) is 63.6. The Morgan fingerprint density at radius 3 is 1.00 bits per heavy atom. The Labute approximate surface area is 392 Å². The molecule has 4 atom stereocenters. The zero-order valence-corrected chi connectivity index (χ0v) is 42.1. The fourth-order valence-corrected chi connectivity index (χ4v) is 8.67. The molecule has 0 bridgehead atoms. The van der Waals surface area contributed by atoms with Crippen molar-refractivity contribution in [2.24, 2.45) is 0 Å². The molecule has 0 radical (unpaired) electrons. The molecule has 6 nitrogen and oxygen atoms in total. The van der Waals surface area contributed by atoms with Gasteiger partial charge in [-0.05, 0) is 64.2 Å². The molecule has 0 aromatic heterocycles. The average Bonchev–Trinajstić information content (AvgIpc) is 3.29. The molecule has 6 heteroatoms. The van der Waals surface area contributed by atoms with E-state index in [0.29, 0.717) is 19.3 Å². The van der Waals surface area contributed by atoms with Gasteiger partial charge in [-0.25, -0.2) is 0 Å². The first-order valence-corrected chi connectivity index (χ1v) is 27.9. The molecule has 0 spiro atoms. The summed E-state index contributed by atoms with van der Waals surface area (Å²) < 4.78 is 0. The molecule has 0 aliphatic heterocycles. The van der Waals surface area contributed by atoms with Crippen LogP contribution in [-0.2, 0) is 4.79 Å². The minimum atomic E-state index is -1.29.